The normalized spacial score (nSPS) is 21.9. The molecule has 4 heteroatoms. The molecule has 1 aromatic heterocycles. The van der Waals surface area contributed by atoms with Crippen LogP contribution in [0.4, 0.5) is 11.6 Å². The summed E-state index contributed by atoms with van der Waals surface area (Å²) < 4.78 is 0. The van der Waals surface area contributed by atoms with Crippen molar-refractivity contribution in [2.75, 3.05) is 29.9 Å². The van der Waals surface area contributed by atoms with E-state index in [-0.39, 0.29) is 0 Å². The quantitative estimate of drug-likeness (QED) is 0.913. The molecule has 0 unspecified atom stereocenters. The van der Waals surface area contributed by atoms with E-state index in [0.717, 1.165) is 37.1 Å². The number of piperidine rings is 1. The van der Waals surface area contributed by atoms with Crippen LogP contribution in [0.15, 0.2) is 6.07 Å². The molecule has 1 aliphatic carbocycles. The Morgan fingerprint density at radius 2 is 1.95 bits per heavy atom. The van der Waals surface area contributed by atoms with E-state index >= 15 is 0 Å². The maximum atomic E-state index is 4.82. The molecule has 110 valence electrons. The molecular weight excluding hydrogens is 248 g/mol. The molecule has 2 fully saturated rings. The first-order chi connectivity index (χ1) is 9.57. The maximum Gasteiger partial charge on any atom is 0.136 e. The molecule has 0 atom stereocenters. The van der Waals surface area contributed by atoms with Crippen molar-refractivity contribution >= 4 is 11.6 Å². The third-order valence-electron chi connectivity index (χ3n) is 4.47. The molecule has 20 heavy (non-hydrogen) atoms. The van der Waals surface area contributed by atoms with Crippen LogP contribution in [0.3, 0.4) is 0 Å². The van der Waals surface area contributed by atoms with Gasteiger partial charge in [-0.05, 0) is 38.0 Å². The van der Waals surface area contributed by atoms with Gasteiger partial charge in [0, 0.05) is 31.6 Å². The summed E-state index contributed by atoms with van der Waals surface area (Å²) in [7, 11) is 0. The molecule has 3 rings (SSSR count). The molecule has 0 amide bonds. The number of rotatable bonds is 4. The van der Waals surface area contributed by atoms with Gasteiger partial charge in [-0.15, -0.1) is 0 Å². The summed E-state index contributed by atoms with van der Waals surface area (Å²) in [6, 6.07) is 2.12. The lowest BCUT2D eigenvalue weighted by atomic mass is 9.83. The van der Waals surface area contributed by atoms with Crippen molar-refractivity contribution in [2.45, 2.75) is 52.4 Å². The lowest BCUT2D eigenvalue weighted by Gasteiger charge is -2.37. The van der Waals surface area contributed by atoms with E-state index in [1.165, 1.54) is 25.7 Å². The fourth-order valence-corrected chi connectivity index (χ4v) is 2.75. The minimum Gasteiger partial charge on any atom is -0.370 e. The monoisotopic (exact) mass is 274 g/mol. The van der Waals surface area contributed by atoms with Crippen molar-refractivity contribution in [2.24, 2.45) is 5.41 Å². The Morgan fingerprint density at radius 3 is 2.55 bits per heavy atom. The van der Waals surface area contributed by atoms with Crippen molar-refractivity contribution in [3.8, 4) is 0 Å². The molecule has 0 radical (unpaired) electrons. The van der Waals surface area contributed by atoms with Gasteiger partial charge in [0.05, 0.1) is 0 Å². The largest absolute Gasteiger partial charge is 0.370 e. The summed E-state index contributed by atoms with van der Waals surface area (Å²) in [4.78, 5) is 11.9. The highest BCUT2D eigenvalue weighted by Crippen LogP contribution is 2.39. The third-order valence-corrected chi connectivity index (χ3v) is 4.47. The summed E-state index contributed by atoms with van der Waals surface area (Å²) in [6.07, 6.45) is 4.99. The molecule has 0 aromatic carbocycles. The summed E-state index contributed by atoms with van der Waals surface area (Å²) in [5.41, 5.74) is 0.480. The van der Waals surface area contributed by atoms with Crippen molar-refractivity contribution < 1.29 is 0 Å². The van der Waals surface area contributed by atoms with E-state index in [1.807, 2.05) is 0 Å². The van der Waals surface area contributed by atoms with Gasteiger partial charge in [-0.1, -0.05) is 13.8 Å². The van der Waals surface area contributed by atoms with Crippen molar-refractivity contribution in [1.29, 1.82) is 0 Å². The first kappa shape index (κ1) is 13.7. The number of aromatic nitrogens is 2. The second-order valence-corrected chi connectivity index (χ2v) is 6.93. The van der Waals surface area contributed by atoms with Crippen LogP contribution in [0.2, 0.25) is 0 Å². The first-order valence-electron chi connectivity index (χ1n) is 7.95. The molecule has 1 N–H and O–H groups in total. The van der Waals surface area contributed by atoms with Crippen molar-refractivity contribution in [1.82, 2.24) is 9.97 Å². The first-order valence-corrected chi connectivity index (χ1v) is 7.95. The van der Waals surface area contributed by atoms with Gasteiger partial charge in [0.2, 0.25) is 0 Å². The Balaban J connectivity index is 1.81. The fourth-order valence-electron chi connectivity index (χ4n) is 2.75. The minimum atomic E-state index is 0.480. The maximum absolute atomic E-state index is 4.82. The highest BCUT2D eigenvalue weighted by Gasteiger charge is 2.30. The Bertz CT molecular complexity index is 469. The lowest BCUT2D eigenvalue weighted by Crippen LogP contribution is -2.38. The van der Waals surface area contributed by atoms with E-state index < -0.39 is 0 Å². The third kappa shape index (κ3) is 3.05. The summed E-state index contributed by atoms with van der Waals surface area (Å²) in [6.45, 7) is 9.98. The van der Waals surface area contributed by atoms with Crippen molar-refractivity contribution in [3.05, 3.63) is 11.9 Å². The molecule has 0 bridgehead atoms. The van der Waals surface area contributed by atoms with Crippen LogP contribution in [0.25, 0.3) is 0 Å². The number of nitrogens with zero attached hydrogens (tertiary/aromatic N) is 3. The zero-order valence-corrected chi connectivity index (χ0v) is 12.9. The molecule has 1 saturated heterocycles. The highest BCUT2D eigenvalue weighted by molar-refractivity contribution is 5.50. The Morgan fingerprint density at radius 1 is 1.25 bits per heavy atom. The summed E-state index contributed by atoms with van der Waals surface area (Å²) >= 11 is 0. The number of anilines is 2. The second kappa shape index (κ2) is 5.23. The molecule has 1 saturated carbocycles. The predicted octanol–water partition coefficient (Wildman–Crippen LogP) is 3.41. The molecule has 2 aliphatic rings. The molecule has 2 heterocycles. The van der Waals surface area contributed by atoms with E-state index in [0.29, 0.717) is 11.3 Å². The van der Waals surface area contributed by atoms with Crippen LogP contribution in [0.5, 0.6) is 0 Å². The van der Waals surface area contributed by atoms with E-state index in [4.69, 9.17) is 4.98 Å². The van der Waals surface area contributed by atoms with E-state index in [1.54, 1.807) is 0 Å². The topological polar surface area (TPSA) is 41.0 Å². The standard InChI is InChI=1S/C16H26N4/c1-4-17-13-11-14(19-15(18-13)12-5-6-12)20-9-7-16(2,3)8-10-20/h11-12H,4-10H2,1-3H3,(H,17,18,19). The number of nitrogens with one attached hydrogen (secondary N) is 1. The highest BCUT2D eigenvalue weighted by atomic mass is 15.2. The smallest absolute Gasteiger partial charge is 0.136 e. The second-order valence-electron chi connectivity index (χ2n) is 6.93. The van der Waals surface area contributed by atoms with Gasteiger partial charge in [0.1, 0.15) is 17.5 Å². The molecule has 0 spiro atoms. The average molecular weight is 274 g/mol. The number of hydrogen-bond acceptors (Lipinski definition) is 4. The van der Waals surface area contributed by atoms with Crippen LogP contribution in [0, 0.1) is 5.41 Å². The molecule has 1 aromatic rings. The molecular formula is C16H26N4. The van der Waals surface area contributed by atoms with Gasteiger partial charge in [-0.2, -0.15) is 0 Å². The van der Waals surface area contributed by atoms with Crippen LogP contribution in [0.1, 0.15) is 58.2 Å². The van der Waals surface area contributed by atoms with Crippen LogP contribution in [-0.4, -0.2) is 29.6 Å². The van der Waals surface area contributed by atoms with Gasteiger partial charge in [0.15, 0.2) is 0 Å². The average Bonchev–Trinajstić information content (AvgIpc) is 3.23. The number of hydrogen-bond donors (Lipinski definition) is 1. The van der Waals surface area contributed by atoms with Crippen LogP contribution >= 0.6 is 0 Å². The van der Waals surface area contributed by atoms with E-state index in [2.05, 4.69) is 42.0 Å². The Kier molecular flexibility index (Phi) is 3.57. The zero-order chi connectivity index (χ0) is 14.2. The van der Waals surface area contributed by atoms with Gasteiger partial charge >= 0.3 is 0 Å². The lowest BCUT2D eigenvalue weighted by molar-refractivity contribution is 0.279. The Labute approximate surface area is 122 Å². The van der Waals surface area contributed by atoms with Crippen LogP contribution in [-0.2, 0) is 0 Å². The zero-order valence-electron chi connectivity index (χ0n) is 12.9. The van der Waals surface area contributed by atoms with E-state index in [9.17, 15) is 0 Å². The van der Waals surface area contributed by atoms with Crippen molar-refractivity contribution in [3.63, 3.8) is 0 Å². The summed E-state index contributed by atoms with van der Waals surface area (Å²) in [5, 5.41) is 3.35. The fraction of sp³-hybridized carbons (Fsp3) is 0.750. The van der Waals surface area contributed by atoms with Gasteiger partial charge in [-0.25, -0.2) is 9.97 Å². The molecule has 4 nitrogen and oxygen atoms in total. The SMILES string of the molecule is CCNc1cc(N2CCC(C)(C)CC2)nc(C2CC2)n1. The summed E-state index contributed by atoms with van der Waals surface area (Å²) in [5.74, 6) is 3.76. The minimum absolute atomic E-state index is 0.480. The van der Waals surface area contributed by atoms with Crippen LogP contribution < -0.4 is 10.2 Å². The predicted molar refractivity (Wildman–Crippen MR) is 83.4 cm³/mol. The Hall–Kier alpha value is -1.32. The molecule has 1 aliphatic heterocycles. The van der Waals surface area contributed by atoms with Gasteiger partial charge in [-0.3, -0.25) is 0 Å². The van der Waals surface area contributed by atoms with Gasteiger partial charge < -0.3 is 10.2 Å². The van der Waals surface area contributed by atoms with Gasteiger partial charge in [0.25, 0.3) is 0 Å².